The summed E-state index contributed by atoms with van der Waals surface area (Å²) >= 11 is 6.03. The molecule has 22 heavy (non-hydrogen) atoms. The number of hydrogen-bond acceptors (Lipinski definition) is 2. The normalized spacial score (nSPS) is 25.9. The van der Waals surface area contributed by atoms with Gasteiger partial charge in [-0.15, -0.1) is 0 Å². The van der Waals surface area contributed by atoms with Crippen LogP contribution in [0.25, 0.3) is 0 Å². The van der Waals surface area contributed by atoms with Crippen molar-refractivity contribution in [2.24, 2.45) is 5.92 Å². The molecule has 2 atom stereocenters. The lowest BCUT2D eigenvalue weighted by atomic mass is 9.77. The predicted molar refractivity (Wildman–Crippen MR) is 89.1 cm³/mol. The van der Waals surface area contributed by atoms with Crippen molar-refractivity contribution in [1.82, 2.24) is 15.5 Å². The van der Waals surface area contributed by atoms with Gasteiger partial charge >= 0.3 is 6.03 Å². The number of nitrogens with one attached hydrogen (secondary N) is 2. The van der Waals surface area contributed by atoms with E-state index in [0.29, 0.717) is 5.92 Å². The van der Waals surface area contributed by atoms with Crippen LogP contribution < -0.4 is 10.6 Å². The molecule has 2 aliphatic rings. The average molecular weight is 322 g/mol. The molecule has 3 rings (SSSR count). The fourth-order valence-electron chi connectivity index (χ4n) is 3.81. The van der Waals surface area contributed by atoms with Gasteiger partial charge in [0.2, 0.25) is 0 Å². The van der Waals surface area contributed by atoms with Gasteiger partial charge in [-0.05, 0) is 56.8 Å². The Morgan fingerprint density at radius 1 is 1.27 bits per heavy atom. The minimum absolute atomic E-state index is 0.0521. The van der Waals surface area contributed by atoms with Gasteiger partial charge in [0.25, 0.3) is 0 Å². The predicted octanol–water partition coefficient (Wildman–Crippen LogP) is 3.18. The van der Waals surface area contributed by atoms with Gasteiger partial charge in [-0.1, -0.05) is 23.7 Å². The molecule has 1 unspecified atom stereocenters. The van der Waals surface area contributed by atoms with E-state index in [0.717, 1.165) is 37.5 Å². The van der Waals surface area contributed by atoms with Gasteiger partial charge in [0.05, 0.1) is 6.04 Å². The molecule has 2 aliphatic heterocycles. The molecule has 0 bridgehead atoms. The SMILES string of the molecule is CC1(C)C[C@@H](C(c2ccc(Cl)cc2)N2CCNC2=O)CCN1. The monoisotopic (exact) mass is 321 g/mol. The van der Waals surface area contributed by atoms with Crippen LogP contribution in [-0.2, 0) is 0 Å². The number of urea groups is 1. The molecule has 0 spiro atoms. The number of carbonyl (C=O) groups is 1. The van der Waals surface area contributed by atoms with Crippen LogP contribution in [0.4, 0.5) is 4.79 Å². The van der Waals surface area contributed by atoms with Crippen molar-refractivity contribution < 1.29 is 4.79 Å². The Balaban J connectivity index is 1.92. The van der Waals surface area contributed by atoms with Crippen molar-refractivity contribution in [1.29, 1.82) is 0 Å². The second-order valence-corrected chi connectivity index (χ2v) is 7.42. The van der Waals surface area contributed by atoms with Crippen LogP contribution in [0.3, 0.4) is 0 Å². The average Bonchev–Trinajstić information content (AvgIpc) is 2.87. The number of benzene rings is 1. The first kappa shape index (κ1) is 15.6. The zero-order valence-electron chi connectivity index (χ0n) is 13.2. The Morgan fingerprint density at radius 2 is 2.00 bits per heavy atom. The van der Waals surface area contributed by atoms with Crippen LogP contribution in [0, 0.1) is 5.92 Å². The lowest BCUT2D eigenvalue weighted by Crippen LogP contribution is -2.49. The van der Waals surface area contributed by atoms with Gasteiger partial charge in [-0.25, -0.2) is 4.79 Å². The zero-order valence-corrected chi connectivity index (χ0v) is 14.0. The lowest BCUT2D eigenvalue weighted by molar-refractivity contribution is 0.123. The van der Waals surface area contributed by atoms with Crippen molar-refractivity contribution in [2.75, 3.05) is 19.6 Å². The van der Waals surface area contributed by atoms with E-state index in [9.17, 15) is 4.79 Å². The maximum absolute atomic E-state index is 12.2. The largest absolute Gasteiger partial charge is 0.336 e. The highest BCUT2D eigenvalue weighted by Gasteiger charge is 2.39. The highest BCUT2D eigenvalue weighted by Crippen LogP contribution is 2.39. The molecule has 1 aromatic rings. The van der Waals surface area contributed by atoms with E-state index in [1.807, 2.05) is 17.0 Å². The third kappa shape index (κ3) is 3.23. The molecule has 120 valence electrons. The molecule has 0 saturated carbocycles. The number of nitrogens with zero attached hydrogens (tertiary/aromatic N) is 1. The Hall–Kier alpha value is -1.26. The number of carbonyl (C=O) groups excluding carboxylic acids is 1. The van der Waals surface area contributed by atoms with Gasteiger partial charge in [0.1, 0.15) is 0 Å². The summed E-state index contributed by atoms with van der Waals surface area (Å²) in [5.74, 6) is 0.460. The van der Waals surface area contributed by atoms with Crippen molar-refractivity contribution in [3.8, 4) is 0 Å². The number of halogens is 1. The molecule has 4 nitrogen and oxygen atoms in total. The Morgan fingerprint density at radius 3 is 2.59 bits per heavy atom. The van der Waals surface area contributed by atoms with Crippen LogP contribution in [-0.4, -0.2) is 36.1 Å². The summed E-state index contributed by atoms with van der Waals surface area (Å²) in [5, 5.41) is 7.24. The van der Waals surface area contributed by atoms with E-state index in [2.05, 4.69) is 36.6 Å². The Kier molecular flexibility index (Phi) is 4.33. The molecule has 2 N–H and O–H groups in total. The molecule has 2 fully saturated rings. The third-order valence-electron chi connectivity index (χ3n) is 4.77. The quantitative estimate of drug-likeness (QED) is 0.898. The first-order valence-electron chi connectivity index (χ1n) is 8.01. The van der Waals surface area contributed by atoms with Crippen molar-refractivity contribution in [3.63, 3.8) is 0 Å². The maximum Gasteiger partial charge on any atom is 0.318 e. The van der Waals surface area contributed by atoms with Crippen LogP contribution in [0.2, 0.25) is 5.02 Å². The lowest BCUT2D eigenvalue weighted by Gasteiger charge is -2.42. The maximum atomic E-state index is 12.2. The van der Waals surface area contributed by atoms with E-state index >= 15 is 0 Å². The summed E-state index contributed by atoms with van der Waals surface area (Å²) in [6.45, 7) is 6.98. The summed E-state index contributed by atoms with van der Waals surface area (Å²) in [7, 11) is 0. The first-order valence-corrected chi connectivity index (χ1v) is 8.39. The molecular weight excluding hydrogens is 298 g/mol. The molecular formula is C17H24ClN3O. The zero-order chi connectivity index (χ0) is 15.7. The fraction of sp³-hybridized carbons (Fsp3) is 0.588. The molecule has 2 saturated heterocycles. The minimum atomic E-state index is 0.0521. The van der Waals surface area contributed by atoms with Crippen LogP contribution >= 0.6 is 11.6 Å². The Labute approximate surface area is 137 Å². The summed E-state index contributed by atoms with van der Waals surface area (Å²) in [6.07, 6.45) is 2.14. The first-order chi connectivity index (χ1) is 10.5. The smallest absolute Gasteiger partial charge is 0.318 e. The van der Waals surface area contributed by atoms with Crippen LogP contribution in [0.5, 0.6) is 0 Å². The molecule has 5 heteroatoms. The summed E-state index contributed by atoms with van der Waals surface area (Å²) < 4.78 is 0. The molecule has 2 heterocycles. The van der Waals surface area contributed by atoms with Crippen LogP contribution in [0.1, 0.15) is 38.3 Å². The number of piperidine rings is 1. The van der Waals surface area contributed by atoms with Gasteiger partial charge < -0.3 is 15.5 Å². The van der Waals surface area contributed by atoms with Gasteiger partial charge in [0, 0.05) is 23.7 Å². The molecule has 2 amide bonds. The molecule has 1 aromatic carbocycles. The second kappa shape index (κ2) is 6.09. The third-order valence-corrected chi connectivity index (χ3v) is 5.03. The second-order valence-electron chi connectivity index (χ2n) is 6.99. The van der Waals surface area contributed by atoms with Crippen molar-refractivity contribution in [2.45, 2.75) is 38.3 Å². The van der Waals surface area contributed by atoms with E-state index in [1.54, 1.807) is 0 Å². The summed E-state index contributed by atoms with van der Waals surface area (Å²) in [5.41, 5.74) is 1.30. The van der Waals surface area contributed by atoms with Crippen molar-refractivity contribution in [3.05, 3.63) is 34.9 Å². The van der Waals surface area contributed by atoms with Crippen molar-refractivity contribution >= 4 is 17.6 Å². The molecule has 0 aliphatic carbocycles. The van der Waals surface area contributed by atoms with E-state index in [-0.39, 0.29) is 17.6 Å². The Bertz CT molecular complexity index is 543. The van der Waals surface area contributed by atoms with E-state index in [4.69, 9.17) is 11.6 Å². The van der Waals surface area contributed by atoms with Gasteiger partial charge in [-0.2, -0.15) is 0 Å². The van der Waals surface area contributed by atoms with E-state index in [1.165, 1.54) is 5.56 Å². The topological polar surface area (TPSA) is 44.4 Å². The van der Waals surface area contributed by atoms with Crippen LogP contribution in [0.15, 0.2) is 24.3 Å². The summed E-state index contributed by atoms with van der Waals surface area (Å²) in [4.78, 5) is 14.2. The molecule has 0 aromatic heterocycles. The van der Waals surface area contributed by atoms with Gasteiger partial charge in [-0.3, -0.25) is 0 Å². The fourth-order valence-corrected chi connectivity index (χ4v) is 3.94. The minimum Gasteiger partial charge on any atom is -0.336 e. The van der Waals surface area contributed by atoms with E-state index < -0.39 is 0 Å². The molecule has 0 radical (unpaired) electrons. The summed E-state index contributed by atoms with van der Waals surface area (Å²) in [6, 6.07) is 8.15. The van der Waals surface area contributed by atoms with Gasteiger partial charge in [0.15, 0.2) is 0 Å². The number of hydrogen-bond donors (Lipinski definition) is 2. The highest BCUT2D eigenvalue weighted by molar-refractivity contribution is 6.30. The highest BCUT2D eigenvalue weighted by atomic mass is 35.5. The number of rotatable bonds is 3. The number of amides is 2. The standard InChI is InChI=1S/C17H24ClN3O/c1-17(2)11-13(7-8-20-17)15(21-10-9-19-16(21)22)12-3-5-14(18)6-4-12/h3-6,13,15,20H,7-11H2,1-2H3,(H,19,22)/t13-,15?/m0/s1.